The largest absolute Gasteiger partial charge is 0.350 e. The van der Waals surface area contributed by atoms with E-state index in [0.29, 0.717) is 6.42 Å². The molecular weight excluding hydrogens is 160 g/mol. The average molecular weight is 170 g/mol. The number of nitrogens with zero attached hydrogens (tertiary/aromatic N) is 2. The Kier molecular flexibility index (Phi) is 1.79. The predicted molar refractivity (Wildman–Crippen MR) is 52.2 cm³/mol. The molecule has 0 atom stereocenters. The standard InChI is InChI=1S/C11H10N2/c1-13-8-9(6-7-12)10-4-2-3-5-11(10)13/h2-5,8H,6H2,1H3. The first kappa shape index (κ1) is 7.88. The highest BCUT2D eigenvalue weighted by Gasteiger charge is 2.03. The number of rotatable bonds is 1. The third-order valence-corrected chi connectivity index (χ3v) is 2.25. The van der Waals surface area contributed by atoms with Crippen molar-refractivity contribution in [1.29, 1.82) is 5.26 Å². The molecule has 0 radical (unpaired) electrons. The zero-order chi connectivity index (χ0) is 9.26. The zero-order valence-electron chi connectivity index (χ0n) is 7.49. The van der Waals surface area contributed by atoms with Crippen molar-refractivity contribution >= 4 is 10.9 Å². The quantitative estimate of drug-likeness (QED) is 0.645. The summed E-state index contributed by atoms with van der Waals surface area (Å²) in [5, 5.41) is 9.82. The van der Waals surface area contributed by atoms with E-state index in [9.17, 15) is 0 Å². The van der Waals surface area contributed by atoms with Crippen LogP contribution in [0, 0.1) is 11.3 Å². The van der Waals surface area contributed by atoms with Gasteiger partial charge in [0.25, 0.3) is 0 Å². The smallest absolute Gasteiger partial charge is 0.0670 e. The SMILES string of the molecule is Cn1cc(CC#N)c2ccccc21. The number of aryl methyl sites for hydroxylation is 1. The highest BCUT2D eigenvalue weighted by molar-refractivity contribution is 5.84. The van der Waals surface area contributed by atoms with Crippen LogP contribution in [0.4, 0.5) is 0 Å². The Morgan fingerprint density at radius 3 is 2.92 bits per heavy atom. The first-order valence-electron chi connectivity index (χ1n) is 4.23. The zero-order valence-corrected chi connectivity index (χ0v) is 7.49. The van der Waals surface area contributed by atoms with Crippen molar-refractivity contribution in [3.63, 3.8) is 0 Å². The minimum atomic E-state index is 0.487. The molecule has 2 aromatic rings. The van der Waals surface area contributed by atoms with Gasteiger partial charge in [-0.1, -0.05) is 18.2 Å². The van der Waals surface area contributed by atoms with Crippen LogP contribution in [0.5, 0.6) is 0 Å². The lowest BCUT2D eigenvalue weighted by molar-refractivity contribution is 0.960. The van der Waals surface area contributed by atoms with Crippen LogP contribution in [0.15, 0.2) is 30.5 Å². The highest BCUT2D eigenvalue weighted by Crippen LogP contribution is 2.20. The normalized spacial score (nSPS) is 10.2. The van der Waals surface area contributed by atoms with Crippen LogP contribution in [0.1, 0.15) is 5.56 Å². The van der Waals surface area contributed by atoms with Crippen LogP contribution in [-0.2, 0) is 13.5 Å². The van der Waals surface area contributed by atoms with Crippen molar-refractivity contribution in [3.05, 3.63) is 36.0 Å². The lowest BCUT2D eigenvalue weighted by Crippen LogP contribution is -1.82. The molecule has 2 nitrogen and oxygen atoms in total. The maximum absolute atomic E-state index is 8.63. The molecule has 0 unspecified atom stereocenters. The molecule has 0 aliphatic heterocycles. The molecule has 0 saturated carbocycles. The summed E-state index contributed by atoms with van der Waals surface area (Å²) < 4.78 is 2.06. The number of hydrogen-bond donors (Lipinski definition) is 0. The third kappa shape index (κ3) is 1.19. The van der Waals surface area contributed by atoms with Crippen molar-refractivity contribution in [2.24, 2.45) is 7.05 Å². The van der Waals surface area contributed by atoms with Gasteiger partial charge in [-0.15, -0.1) is 0 Å². The van der Waals surface area contributed by atoms with Gasteiger partial charge >= 0.3 is 0 Å². The van der Waals surface area contributed by atoms with Gasteiger partial charge in [-0.05, 0) is 11.6 Å². The molecule has 1 aromatic carbocycles. The van der Waals surface area contributed by atoms with Crippen LogP contribution < -0.4 is 0 Å². The summed E-state index contributed by atoms with van der Waals surface area (Å²) in [4.78, 5) is 0. The van der Waals surface area contributed by atoms with E-state index < -0.39 is 0 Å². The second-order valence-electron chi connectivity index (χ2n) is 3.12. The van der Waals surface area contributed by atoms with E-state index in [0.717, 1.165) is 5.56 Å². The summed E-state index contributed by atoms with van der Waals surface area (Å²) in [5.74, 6) is 0. The van der Waals surface area contributed by atoms with Crippen LogP contribution in [0.25, 0.3) is 10.9 Å². The van der Waals surface area contributed by atoms with Gasteiger partial charge in [-0.3, -0.25) is 0 Å². The fourth-order valence-electron chi connectivity index (χ4n) is 1.65. The summed E-state index contributed by atoms with van der Waals surface area (Å²) in [6, 6.07) is 10.3. The molecule has 1 heterocycles. The van der Waals surface area contributed by atoms with Crippen molar-refractivity contribution < 1.29 is 0 Å². The molecular formula is C11H10N2. The molecule has 1 aromatic heterocycles. The summed E-state index contributed by atoms with van der Waals surface area (Å²) in [6.45, 7) is 0. The Labute approximate surface area is 77.0 Å². The Balaban J connectivity index is 2.72. The fourth-order valence-corrected chi connectivity index (χ4v) is 1.65. The van der Waals surface area contributed by atoms with Crippen LogP contribution >= 0.6 is 0 Å². The number of hydrogen-bond acceptors (Lipinski definition) is 1. The number of aromatic nitrogens is 1. The van der Waals surface area contributed by atoms with Gasteiger partial charge in [0, 0.05) is 24.1 Å². The van der Waals surface area contributed by atoms with Gasteiger partial charge < -0.3 is 4.57 Å². The Hall–Kier alpha value is -1.75. The Morgan fingerprint density at radius 1 is 1.38 bits per heavy atom. The van der Waals surface area contributed by atoms with Gasteiger partial charge in [0.2, 0.25) is 0 Å². The van der Waals surface area contributed by atoms with E-state index in [4.69, 9.17) is 5.26 Å². The monoisotopic (exact) mass is 170 g/mol. The van der Waals surface area contributed by atoms with Gasteiger partial charge in [0.1, 0.15) is 0 Å². The molecule has 0 N–H and O–H groups in total. The molecule has 0 bridgehead atoms. The van der Waals surface area contributed by atoms with Gasteiger partial charge in [0.15, 0.2) is 0 Å². The second-order valence-corrected chi connectivity index (χ2v) is 3.12. The Bertz CT molecular complexity index is 474. The van der Waals surface area contributed by atoms with Gasteiger partial charge in [-0.2, -0.15) is 5.26 Å². The molecule has 2 rings (SSSR count). The maximum Gasteiger partial charge on any atom is 0.0670 e. The fraction of sp³-hybridized carbons (Fsp3) is 0.182. The number of para-hydroxylation sites is 1. The van der Waals surface area contributed by atoms with E-state index in [1.807, 2.05) is 25.4 Å². The van der Waals surface area contributed by atoms with Crippen LogP contribution in [-0.4, -0.2) is 4.57 Å². The predicted octanol–water partition coefficient (Wildman–Crippen LogP) is 2.24. The molecule has 13 heavy (non-hydrogen) atoms. The van der Waals surface area contributed by atoms with Crippen molar-refractivity contribution in [3.8, 4) is 6.07 Å². The van der Waals surface area contributed by atoms with E-state index in [2.05, 4.69) is 22.8 Å². The van der Waals surface area contributed by atoms with Gasteiger partial charge in [-0.25, -0.2) is 0 Å². The minimum absolute atomic E-state index is 0.487. The van der Waals surface area contributed by atoms with Crippen molar-refractivity contribution in [2.45, 2.75) is 6.42 Å². The minimum Gasteiger partial charge on any atom is -0.350 e. The van der Waals surface area contributed by atoms with Crippen molar-refractivity contribution in [2.75, 3.05) is 0 Å². The molecule has 0 aliphatic carbocycles. The lowest BCUT2D eigenvalue weighted by atomic mass is 10.1. The molecule has 0 spiro atoms. The third-order valence-electron chi connectivity index (χ3n) is 2.25. The molecule has 2 heteroatoms. The maximum atomic E-state index is 8.63. The first-order valence-corrected chi connectivity index (χ1v) is 4.23. The summed E-state index contributed by atoms with van der Waals surface area (Å²) in [6.07, 6.45) is 2.51. The summed E-state index contributed by atoms with van der Waals surface area (Å²) >= 11 is 0. The van der Waals surface area contributed by atoms with E-state index >= 15 is 0 Å². The average Bonchev–Trinajstić information content (AvgIpc) is 2.46. The number of fused-ring (bicyclic) bond motifs is 1. The van der Waals surface area contributed by atoms with Crippen LogP contribution in [0.3, 0.4) is 0 Å². The topological polar surface area (TPSA) is 28.7 Å². The molecule has 0 fully saturated rings. The van der Waals surface area contributed by atoms with Crippen molar-refractivity contribution in [1.82, 2.24) is 4.57 Å². The number of nitriles is 1. The summed E-state index contributed by atoms with van der Waals surface area (Å²) in [7, 11) is 2.00. The Morgan fingerprint density at radius 2 is 2.15 bits per heavy atom. The molecule has 0 saturated heterocycles. The highest BCUT2D eigenvalue weighted by atomic mass is 14.9. The van der Waals surface area contributed by atoms with Crippen LogP contribution in [0.2, 0.25) is 0 Å². The molecule has 0 amide bonds. The van der Waals surface area contributed by atoms with E-state index in [1.54, 1.807) is 0 Å². The van der Waals surface area contributed by atoms with E-state index in [-0.39, 0.29) is 0 Å². The summed E-state index contributed by atoms with van der Waals surface area (Å²) in [5.41, 5.74) is 2.30. The lowest BCUT2D eigenvalue weighted by Gasteiger charge is -1.92. The van der Waals surface area contributed by atoms with Gasteiger partial charge in [0.05, 0.1) is 12.5 Å². The first-order chi connectivity index (χ1) is 6.33. The number of benzene rings is 1. The second kappa shape index (κ2) is 2.95. The molecule has 64 valence electrons. The van der Waals surface area contributed by atoms with E-state index in [1.165, 1.54) is 10.9 Å². The molecule has 0 aliphatic rings.